The topological polar surface area (TPSA) is 24.1 Å². The SMILES string of the molecule is CNc1cccc(CNCCC2CCCCC2)c1. The van der Waals surface area contributed by atoms with E-state index in [-0.39, 0.29) is 0 Å². The Morgan fingerprint density at radius 3 is 2.78 bits per heavy atom. The number of hydrogen-bond acceptors (Lipinski definition) is 2. The van der Waals surface area contributed by atoms with E-state index in [1.807, 2.05) is 7.05 Å². The first-order valence-electron chi connectivity index (χ1n) is 7.36. The molecule has 1 fully saturated rings. The Morgan fingerprint density at radius 1 is 1.17 bits per heavy atom. The maximum atomic E-state index is 3.57. The molecule has 0 radical (unpaired) electrons. The zero-order valence-electron chi connectivity index (χ0n) is 11.5. The maximum Gasteiger partial charge on any atom is 0.0340 e. The molecular weight excluding hydrogens is 220 g/mol. The molecule has 0 aromatic heterocycles. The van der Waals surface area contributed by atoms with Gasteiger partial charge in [0.15, 0.2) is 0 Å². The third-order valence-electron chi connectivity index (χ3n) is 4.00. The van der Waals surface area contributed by atoms with Gasteiger partial charge in [0.25, 0.3) is 0 Å². The Balaban J connectivity index is 1.65. The summed E-state index contributed by atoms with van der Waals surface area (Å²) in [6.45, 7) is 2.15. The first-order chi connectivity index (χ1) is 8.88. The van der Waals surface area contributed by atoms with Crippen molar-refractivity contribution in [3.8, 4) is 0 Å². The zero-order valence-corrected chi connectivity index (χ0v) is 11.5. The van der Waals surface area contributed by atoms with Crippen LogP contribution in [-0.2, 0) is 6.54 Å². The monoisotopic (exact) mass is 246 g/mol. The fraction of sp³-hybridized carbons (Fsp3) is 0.625. The Labute approximate surface area is 111 Å². The lowest BCUT2D eigenvalue weighted by molar-refractivity contribution is 0.334. The van der Waals surface area contributed by atoms with E-state index in [0.717, 1.165) is 19.0 Å². The lowest BCUT2D eigenvalue weighted by atomic mass is 9.87. The first-order valence-corrected chi connectivity index (χ1v) is 7.36. The van der Waals surface area contributed by atoms with Crippen LogP contribution in [0, 0.1) is 5.92 Å². The lowest BCUT2D eigenvalue weighted by Crippen LogP contribution is -2.19. The fourth-order valence-electron chi connectivity index (χ4n) is 2.85. The summed E-state index contributed by atoms with van der Waals surface area (Å²) in [5, 5.41) is 6.75. The predicted molar refractivity (Wildman–Crippen MR) is 78.9 cm³/mol. The van der Waals surface area contributed by atoms with Gasteiger partial charge >= 0.3 is 0 Å². The Bertz CT molecular complexity index is 343. The third kappa shape index (κ3) is 4.34. The molecule has 0 bridgehead atoms. The second-order valence-corrected chi connectivity index (χ2v) is 5.42. The molecule has 1 aliphatic carbocycles. The van der Waals surface area contributed by atoms with Crippen LogP contribution in [0.15, 0.2) is 24.3 Å². The molecule has 2 rings (SSSR count). The van der Waals surface area contributed by atoms with Crippen LogP contribution in [0.4, 0.5) is 5.69 Å². The molecule has 2 nitrogen and oxygen atoms in total. The van der Waals surface area contributed by atoms with Crippen molar-refractivity contribution < 1.29 is 0 Å². The highest BCUT2D eigenvalue weighted by Gasteiger charge is 2.12. The lowest BCUT2D eigenvalue weighted by Gasteiger charge is -2.21. The van der Waals surface area contributed by atoms with Gasteiger partial charge in [-0.25, -0.2) is 0 Å². The van der Waals surface area contributed by atoms with Gasteiger partial charge in [0.05, 0.1) is 0 Å². The summed E-state index contributed by atoms with van der Waals surface area (Å²) < 4.78 is 0. The molecule has 2 heteroatoms. The second-order valence-electron chi connectivity index (χ2n) is 5.42. The first kappa shape index (κ1) is 13.4. The average molecular weight is 246 g/mol. The highest BCUT2D eigenvalue weighted by Crippen LogP contribution is 2.25. The minimum absolute atomic E-state index is 0.981. The van der Waals surface area contributed by atoms with Gasteiger partial charge in [0.2, 0.25) is 0 Å². The minimum Gasteiger partial charge on any atom is -0.388 e. The van der Waals surface area contributed by atoms with Crippen LogP contribution in [0.1, 0.15) is 44.1 Å². The van der Waals surface area contributed by atoms with E-state index in [4.69, 9.17) is 0 Å². The standard InChI is InChI=1S/C16H26N2/c1-17-16-9-5-8-15(12-16)13-18-11-10-14-6-3-2-4-7-14/h5,8-9,12,14,17-18H,2-4,6-7,10-11,13H2,1H3. The van der Waals surface area contributed by atoms with E-state index >= 15 is 0 Å². The number of anilines is 1. The van der Waals surface area contributed by atoms with Crippen LogP contribution in [-0.4, -0.2) is 13.6 Å². The van der Waals surface area contributed by atoms with E-state index in [1.54, 1.807) is 0 Å². The summed E-state index contributed by atoms with van der Waals surface area (Å²) in [5.41, 5.74) is 2.56. The van der Waals surface area contributed by atoms with Gasteiger partial charge in [-0.3, -0.25) is 0 Å². The Hall–Kier alpha value is -1.02. The van der Waals surface area contributed by atoms with E-state index < -0.39 is 0 Å². The van der Waals surface area contributed by atoms with Crippen molar-refractivity contribution in [2.45, 2.75) is 45.1 Å². The van der Waals surface area contributed by atoms with Gasteiger partial charge in [-0.1, -0.05) is 44.2 Å². The van der Waals surface area contributed by atoms with Crippen molar-refractivity contribution >= 4 is 5.69 Å². The van der Waals surface area contributed by atoms with E-state index in [0.29, 0.717) is 0 Å². The molecule has 0 saturated heterocycles. The largest absolute Gasteiger partial charge is 0.388 e. The van der Waals surface area contributed by atoms with Crippen molar-refractivity contribution in [2.75, 3.05) is 18.9 Å². The smallest absolute Gasteiger partial charge is 0.0340 e. The molecule has 1 aromatic carbocycles. The average Bonchev–Trinajstić information content (AvgIpc) is 2.45. The molecule has 0 aliphatic heterocycles. The summed E-state index contributed by atoms with van der Waals surface area (Å²) in [5.74, 6) is 0.981. The van der Waals surface area contributed by atoms with Crippen molar-refractivity contribution in [3.05, 3.63) is 29.8 Å². The Morgan fingerprint density at radius 2 is 2.00 bits per heavy atom. The van der Waals surface area contributed by atoms with Gasteiger partial charge < -0.3 is 10.6 Å². The summed E-state index contributed by atoms with van der Waals surface area (Å²) >= 11 is 0. The normalized spacial score (nSPS) is 16.7. The van der Waals surface area contributed by atoms with Gasteiger partial charge in [-0.2, -0.15) is 0 Å². The van der Waals surface area contributed by atoms with Crippen LogP contribution in [0.3, 0.4) is 0 Å². The number of nitrogens with one attached hydrogen (secondary N) is 2. The molecule has 1 aromatic rings. The van der Waals surface area contributed by atoms with Crippen LogP contribution in [0.5, 0.6) is 0 Å². The van der Waals surface area contributed by atoms with E-state index in [1.165, 1.54) is 49.8 Å². The molecule has 1 saturated carbocycles. The molecule has 0 unspecified atom stereocenters. The highest BCUT2D eigenvalue weighted by molar-refractivity contribution is 5.44. The van der Waals surface area contributed by atoms with Crippen LogP contribution in [0.2, 0.25) is 0 Å². The number of rotatable bonds is 6. The number of hydrogen-bond donors (Lipinski definition) is 2. The van der Waals surface area contributed by atoms with Crippen molar-refractivity contribution in [1.82, 2.24) is 5.32 Å². The maximum absolute atomic E-state index is 3.57. The summed E-state index contributed by atoms with van der Waals surface area (Å²) in [7, 11) is 1.97. The molecular formula is C16H26N2. The quantitative estimate of drug-likeness (QED) is 0.746. The van der Waals surface area contributed by atoms with Gasteiger partial charge in [-0.15, -0.1) is 0 Å². The molecule has 0 amide bonds. The van der Waals surface area contributed by atoms with Crippen molar-refractivity contribution in [2.24, 2.45) is 5.92 Å². The van der Waals surface area contributed by atoms with Gasteiger partial charge in [0.1, 0.15) is 0 Å². The molecule has 0 spiro atoms. The van der Waals surface area contributed by atoms with Gasteiger partial charge in [-0.05, 0) is 36.6 Å². The van der Waals surface area contributed by atoms with E-state index in [9.17, 15) is 0 Å². The second kappa shape index (κ2) is 7.42. The third-order valence-corrected chi connectivity index (χ3v) is 4.00. The molecule has 0 heterocycles. The predicted octanol–water partition coefficient (Wildman–Crippen LogP) is 3.79. The molecule has 1 aliphatic rings. The molecule has 100 valence electrons. The van der Waals surface area contributed by atoms with Crippen molar-refractivity contribution in [3.63, 3.8) is 0 Å². The molecule has 0 atom stereocenters. The summed E-state index contributed by atoms with van der Waals surface area (Å²) in [4.78, 5) is 0. The minimum atomic E-state index is 0.981. The molecule has 2 N–H and O–H groups in total. The number of benzene rings is 1. The van der Waals surface area contributed by atoms with Crippen molar-refractivity contribution in [1.29, 1.82) is 0 Å². The molecule has 18 heavy (non-hydrogen) atoms. The fourth-order valence-corrected chi connectivity index (χ4v) is 2.85. The van der Waals surface area contributed by atoms with Crippen LogP contribution >= 0.6 is 0 Å². The highest BCUT2D eigenvalue weighted by atomic mass is 14.9. The zero-order chi connectivity index (χ0) is 12.6. The van der Waals surface area contributed by atoms with Crippen LogP contribution < -0.4 is 10.6 Å². The van der Waals surface area contributed by atoms with Gasteiger partial charge in [0, 0.05) is 19.3 Å². The van der Waals surface area contributed by atoms with Crippen LogP contribution in [0.25, 0.3) is 0 Å². The Kier molecular flexibility index (Phi) is 5.53. The summed E-state index contributed by atoms with van der Waals surface area (Å²) in [6.07, 6.45) is 8.63. The summed E-state index contributed by atoms with van der Waals surface area (Å²) in [6, 6.07) is 8.62. The van der Waals surface area contributed by atoms with E-state index in [2.05, 4.69) is 34.9 Å².